The molecule has 0 amide bonds. The topological polar surface area (TPSA) is 72.7 Å². The lowest BCUT2D eigenvalue weighted by Gasteiger charge is -2.11. The van der Waals surface area contributed by atoms with E-state index in [-0.39, 0.29) is 30.8 Å². The molecule has 152 valence electrons. The van der Waals surface area contributed by atoms with Crippen molar-refractivity contribution in [3.05, 3.63) is 72.1 Å². The molecule has 0 fully saturated rings. The van der Waals surface area contributed by atoms with Crippen LogP contribution in [0.3, 0.4) is 0 Å². The summed E-state index contributed by atoms with van der Waals surface area (Å²) < 4.78 is 12.6. The van der Waals surface area contributed by atoms with Crippen LogP contribution in [-0.2, 0) is 13.1 Å². The fraction of sp³-hybridized carbons (Fsp3) is 0.238. The van der Waals surface area contributed by atoms with Crippen LogP contribution in [0.4, 0.5) is 0 Å². The van der Waals surface area contributed by atoms with E-state index in [1.165, 1.54) is 0 Å². The van der Waals surface area contributed by atoms with Crippen molar-refractivity contribution in [1.29, 1.82) is 0 Å². The summed E-state index contributed by atoms with van der Waals surface area (Å²) in [7, 11) is 0. The van der Waals surface area contributed by atoms with Gasteiger partial charge in [-0.25, -0.2) is 9.67 Å². The molecule has 0 saturated carbocycles. The smallest absolute Gasteiger partial charge is 0.231 e. The average molecular weight is 505 g/mol. The van der Waals surface area contributed by atoms with E-state index in [2.05, 4.69) is 20.7 Å². The fourth-order valence-electron chi connectivity index (χ4n) is 2.91. The predicted molar refractivity (Wildman–Crippen MR) is 123 cm³/mol. The van der Waals surface area contributed by atoms with E-state index in [0.717, 1.165) is 40.8 Å². The third-order valence-electron chi connectivity index (χ3n) is 4.32. The van der Waals surface area contributed by atoms with E-state index in [1.807, 2.05) is 72.5 Å². The molecule has 2 aromatic carbocycles. The molecule has 0 unspecified atom stereocenters. The third kappa shape index (κ3) is 5.41. The molecule has 0 atom stereocenters. The Kier molecular flexibility index (Phi) is 7.34. The van der Waals surface area contributed by atoms with Crippen LogP contribution in [0.25, 0.3) is 5.69 Å². The molecule has 0 saturated heterocycles. The summed E-state index contributed by atoms with van der Waals surface area (Å²) in [5, 5.41) is 11.0. The van der Waals surface area contributed by atoms with Crippen molar-refractivity contribution >= 4 is 29.9 Å². The second-order valence-electron chi connectivity index (χ2n) is 6.37. The van der Waals surface area contributed by atoms with E-state index in [0.29, 0.717) is 13.1 Å². The summed E-state index contributed by atoms with van der Waals surface area (Å²) in [4.78, 5) is 4.66. The first kappa shape index (κ1) is 21.0. The maximum absolute atomic E-state index is 5.43. The van der Waals surface area contributed by atoms with Gasteiger partial charge in [0.2, 0.25) is 6.79 Å². The number of para-hydroxylation sites is 1. The van der Waals surface area contributed by atoms with Crippen molar-refractivity contribution < 1.29 is 9.47 Å². The van der Waals surface area contributed by atoms with E-state index in [9.17, 15) is 0 Å². The van der Waals surface area contributed by atoms with Crippen LogP contribution in [0.1, 0.15) is 18.1 Å². The summed E-state index contributed by atoms with van der Waals surface area (Å²) in [6, 6.07) is 16.0. The second-order valence-corrected chi connectivity index (χ2v) is 6.37. The minimum atomic E-state index is 0. The van der Waals surface area contributed by atoms with Gasteiger partial charge in [-0.15, -0.1) is 24.0 Å². The zero-order valence-corrected chi connectivity index (χ0v) is 18.5. The van der Waals surface area contributed by atoms with Crippen LogP contribution in [0, 0.1) is 0 Å². The Morgan fingerprint density at radius 2 is 1.90 bits per heavy atom. The molecule has 1 aliphatic heterocycles. The van der Waals surface area contributed by atoms with Gasteiger partial charge in [0.15, 0.2) is 17.5 Å². The van der Waals surface area contributed by atoms with Crippen LogP contribution < -0.4 is 20.1 Å². The van der Waals surface area contributed by atoms with Crippen molar-refractivity contribution in [2.45, 2.75) is 20.0 Å². The minimum Gasteiger partial charge on any atom is -0.454 e. The number of guanidine groups is 1. The molecular formula is C21H24IN5O2. The molecule has 3 aromatic rings. The summed E-state index contributed by atoms with van der Waals surface area (Å²) in [6.07, 6.45) is 3.85. The zero-order chi connectivity index (χ0) is 19.2. The summed E-state index contributed by atoms with van der Waals surface area (Å²) in [5.41, 5.74) is 3.18. The van der Waals surface area contributed by atoms with Crippen LogP contribution in [0.5, 0.6) is 11.5 Å². The second kappa shape index (κ2) is 10.1. The molecule has 8 heteroatoms. The maximum Gasteiger partial charge on any atom is 0.231 e. The average Bonchev–Trinajstić information content (AvgIpc) is 3.40. The Labute approximate surface area is 187 Å². The minimum absolute atomic E-state index is 0. The van der Waals surface area contributed by atoms with Crippen LogP contribution >= 0.6 is 24.0 Å². The van der Waals surface area contributed by atoms with Gasteiger partial charge in [-0.3, -0.25) is 0 Å². The van der Waals surface area contributed by atoms with Gasteiger partial charge in [-0.05, 0) is 36.8 Å². The zero-order valence-electron chi connectivity index (χ0n) is 16.2. The van der Waals surface area contributed by atoms with Crippen molar-refractivity contribution in [2.24, 2.45) is 4.99 Å². The highest BCUT2D eigenvalue weighted by molar-refractivity contribution is 14.0. The van der Waals surface area contributed by atoms with Gasteiger partial charge in [0.25, 0.3) is 0 Å². The summed E-state index contributed by atoms with van der Waals surface area (Å²) >= 11 is 0. The lowest BCUT2D eigenvalue weighted by atomic mass is 10.2. The van der Waals surface area contributed by atoms with Gasteiger partial charge < -0.3 is 20.1 Å². The number of nitrogens with one attached hydrogen (secondary N) is 2. The van der Waals surface area contributed by atoms with Crippen molar-refractivity contribution in [2.75, 3.05) is 13.3 Å². The maximum atomic E-state index is 5.43. The van der Waals surface area contributed by atoms with E-state index >= 15 is 0 Å². The van der Waals surface area contributed by atoms with Crippen LogP contribution in [-0.4, -0.2) is 29.1 Å². The standard InChI is InChI=1S/C21H23N5O2.HI/c1-2-22-21(23-11-16-8-9-19-20(10-16)28-15-27-19)24-12-17-13-25-26(14-17)18-6-4-3-5-7-18;/h3-10,13-14H,2,11-12,15H2,1H3,(H2,22,23,24);1H. The van der Waals surface area contributed by atoms with Crippen molar-refractivity contribution in [1.82, 2.24) is 20.4 Å². The number of hydrogen-bond donors (Lipinski definition) is 2. The van der Waals surface area contributed by atoms with Gasteiger partial charge in [-0.1, -0.05) is 24.3 Å². The van der Waals surface area contributed by atoms with Gasteiger partial charge >= 0.3 is 0 Å². The monoisotopic (exact) mass is 505 g/mol. The molecule has 4 rings (SSSR count). The molecule has 0 radical (unpaired) electrons. The normalized spacial score (nSPS) is 12.4. The lowest BCUT2D eigenvalue weighted by molar-refractivity contribution is 0.174. The Hall–Kier alpha value is -2.75. The molecule has 1 aromatic heterocycles. The van der Waals surface area contributed by atoms with Crippen LogP contribution in [0.2, 0.25) is 0 Å². The number of rotatable bonds is 6. The number of benzene rings is 2. The number of aromatic nitrogens is 2. The molecule has 2 N–H and O–H groups in total. The van der Waals surface area contributed by atoms with E-state index < -0.39 is 0 Å². The Balaban J connectivity index is 0.00000240. The summed E-state index contributed by atoms with van der Waals surface area (Å²) in [5.74, 6) is 2.34. The van der Waals surface area contributed by atoms with Crippen molar-refractivity contribution in [3.8, 4) is 17.2 Å². The number of nitrogens with zero attached hydrogens (tertiary/aromatic N) is 3. The van der Waals surface area contributed by atoms with Crippen LogP contribution in [0.15, 0.2) is 65.9 Å². The first-order valence-electron chi connectivity index (χ1n) is 9.31. The molecule has 0 spiro atoms. The highest BCUT2D eigenvalue weighted by Gasteiger charge is 2.13. The first-order valence-corrected chi connectivity index (χ1v) is 9.31. The van der Waals surface area contributed by atoms with Gasteiger partial charge in [0, 0.05) is 24.8 Å². The summed E-state index contributed by atoms with van der Waals surface area (Å²) in [6.45, 7) is 4.31. The SMILES string of the molecule is CCNC(=NCc1cnn(-c2ccccc2)c1)NCc1ccc2c(c1)OCO2.I. The molecule has 29 heavy (non-hydrogen) atoms. The molecule has 0 aliphatic carbocycles. The molecule has 7 nitrogen and oxygen atoms in total. The molecular weight excluding hydrogens is 481 g/mol. The molecule has 1 aliphatic rings. The lowest BCUT2D eigenvalue weighted by Crippen LogP contribution is -2.36. The number of hydrogen-bond acceptors (Lipinski definition) is 4. The number of ether oxygens (including phenoxy) is 2. The van der Waals surface area contributed by atoms with E-state index in [4.69, 9.17) is 9.47 Å². The predicted octanol–water partition coefficient (Wildman–Crippen LogP) is 3.47. The highest BCUT2D eigenvalue weighted by Crippen LogP contribution is 2.32. The van der Waals surface area contributed by atoms with Gasteiger partial charge in [-0.2, -0.15) is 5.10 Å². The van der Waals surface area contributed by atoms with E-state index in [1.54, 1.807) is 0 Å². The number of fused-ring (bicyclic) bond motifs is 1. The van der Waals surface area contributed by atoms with Gasteiger partial charge in [0.1, 0.15) is 0 Å². The Morgan fingerprint density at radius 1 is 1.07 bits per heavy atom. The fourth-order valence-corrected chi connectivity index (χ4v) is 2.91. The Bertz CT molecular complexity index is 959. The molecule has 0 bridgehead atoms. The number of aliphatic imine (C=N–C) groups is 1. The van der Waals surface area contributed by atoms with Crippen molar-refractivity contribution in [3.63, 3.8) is 0 Å². The quantitative estimate of drug-likeness (QED) is 0.305. The highest BCUT2D eigenvalue weighted by atomic mass is 127. The molecule has 2 heterocycles. The van der Waals surface area contributed by atoms with Gasteiger partial charge in [0.05, 0.1) is 18.4 Å². The third-order valence-corrected chi connectivity index (χ3v) is 4.32. The first-order chi connectivity index (χ1) is 13.8. The number of halogens is 1. The Morgan fingerprint density at radius 3 is 2.72 bits per heavy atom. The largest absolute Gasteiger partial charge is 0.454 e.